The van der Waals surface area contributed by atoms with E-state index in [4.69, 9.17) is 40.4 Å². The molecule has 0 bridgehead atoms. The van der Waals surface area contributed by atoms with E-state index in [1.807, 2.05) is 11.9 Å². The second-order valence-electron chi connectivity index (χ2n) is 6.78. The van der Waals surface area contributed by atoms with Gasteiger partial charge in [0.15, 0.2) is 0 Å². The molecule has 0 aliphatic heterocycles. The number of hydrogen-bond donors (Lipinski definition) is 3. The molecule has 9 heteroatoms. The zero-order valence-electron chi connectivity index (χ0n) is 15.0. The van der Waals surface area contributed by atoms with Gasteiger partial charge in [0.25, 0.3) is 5.91 Å². The minimum Gasteiger partial charge on any atom is -0.383 e. The molecule has 1 aromatic carbocycles. The lowest BCUT2D eigenvalue weighted by atomic mass is 9.91. The third-order valence-corrected chi connectivity index (χ3v) is 5.80. The number of carbonyl (C=O) groups excluding carboxylic acids is 1. The maximum atomic E-state index is 12.1. The van der Waals surface area contributed by atoms with Crippen molar-refractivity contribution in [2.75, 3.05) is 17.7 Å². The van der Waals surface area contributed by atoms with Crippen LogP contribution < -0.4 is 22.1 Å². The molecule has 3 rings (SSSR count). The van der Waals surface area contributed by atoms with Crippen molar-refractivity contribution in [3.8, 4) is 11.1 Å². The predicted octanol–water partition coefficient (Wildman–Crippen LogP) is 2.84. The van der Waals surface area contributed by atoms with Crippen molar-refractivity contribution in [1.82, 2.24) is 9.97 Å². The summed E-state index contributed by atoms with van der Waals surface area (Å²) in [4.78, 5) is 22.8. The summed E-state index contributed by atoms with van der Waals surface area (Å²) >= 11 is 12.4. The molecule has 0 saturated heterocycles. The van der Waals surface area contributed by atoms with Gasteiger partial charge >= 0.3 is 0 Å². The normalized spacial score (nSPS) is 19.7. The first kappa shape index (κ1) is 19.7. The topological polar surface area (TPSA) is 124 Å². The molecule has 6 N–H and O–H groups in total. The number of carbonyl (C=O) groups is 1. The number of halogens is 2. The Bertz CT molecular complexity index is 867. The number of anilines is 2. The van der Waals surface area contributed by atoms with Gasteiger partial charge in [-0.3, -0.25) is 4.79 Å². The van der Waals surface area contributed by atoms with Crippen LogP contribution in [-0.2, 0) is 0 Å². The van der Waals surface area contributed by atoms with E-state index in [0.717, 1.165) is 25.7 Å². The van der Waals surface area contributed by atoms with Crippen molar-refractivity contribution in [1.29, 1.82) is 0 Å². The average Bonchev–Trinajstić information content (AvgIpc) is 2.63. The zero-order chi connectivity index (χ0) is 19.7. The molecule has 7 nitrogen and oxygen atoms in total. The molecule has 27 heavy (non-hydrogen) atoms. The molecular weight excluding hydrogens is 387 g/mol. The Morgan fingerprint density at radius 2 is 1.85 bits per heavy atom. The van der Waals surface area contributed by atoms with Crippen LogP contribution in [0, 0.1) is 0 Å². The van der Waals surface area contributed by atoms with E-state index in [2.05, 4.69) is 9.97 Å². The quantitative estimate of drug-likeness (QED) is 0.713. The summed E-state index contributed by atoms with van der Waals surface area (Å²) in [6.45, 7) is 0. The van der Waals surface area contributed by atoms with Gasteiger partial charge in [0.05, 0.1) is 15.6 Å². The fourth-order valence-corrected chi connectivity index (χ4v) is 3.81. The maximum absolute atomic E-state index is 12.1. The number of nitrogens with zero attached hydrogens (tertiary/aromatic N) is 3. The van der Waals surface area contributed by atoms with Crippen LogP contribution in [0.4, 0.5) is 11.8 Å². The Morgan fingerprint density at radius 3 is 2.48 bits per heavy atom. The number of nitrogens with two attached hydrogens (primary N) is 3. The van der Waals surface area contributed by atoms with E-state index in [0.29, 0.717) is 16.5 Å². The van der Waals surface area contributed by atoms with Crippen LogP contribution in [0.1, 0.15) is 36.2 Å². The monoisotopic (exact) mass is 408 g/mol. The van der Waals surface area contributed by atoms with Gasteiger partial charge in [0, 0.05) is 24.7 Å². The molecular formula is C18H22Cl2N6O. The smallest absolute Gasteiger partial charge is 0.268 e. The zero-order valence-corrected chi connectivity index (χ0v) is 16.5. The Balaban J connectivity index is 2.05. The van der Waals surface area contributed by atoms with E-state index < -0.39 is 5.91 Å². The number of aromatic nitrogens is 2. The van der Waals surface area contributed by atoms with Crippen LogP contribution in [0.3, 0.4) is 0 Å². The Kier molecular flexibility index (Phi) is 5.74. The van der Waals surface area contributed by atoms with Crippen molar-refractivity contribution >= 4 is 40.9 Å². The van der Waals surface area contributed by atoms with E-state index in [9.17, 15) is 4.79 Å². The largest absolute Gasteiger partial charge is 0.383 e. The van der Waals surface area contributed by atoms with Crippen LogP contribution >= 0.6 is 23.2 Å². The molecule has 144 valence electrons. The minimum atomic E-state index is -0.713. The van der Waals surface area contributed by atoms with Crippen molar-refractivity contribution in [3.05, 3.63) is 33.9 Å². The van der Waals surface area contributed by atoms with Crippen molar-refractivity contribution < 1.29 is 4.79 Å². The lowest BCUT2D eigenvalue weighted by molar-refractivity contribution is 0.0996. The highest BCUT2D eigenvalue weighted by Gasteiger charge is 2.27. The number of nitrogen functional groups attached to an aromatic ring is 1. The van der Waals surface area contributed by atoms with Crippen molar-refractivity contribution in [2.24, 2.45) is 11.5 Å². The first-order valence-corrected chi connectivity index (χ1v) is 9.45. The fraction of sp³-hybridized carbons (Fsp3) is 0.389. The van der Waals surface area contributed by atoms with Gasteiger partial charge in [-0.1, -0.05) is 35.3 Å². The van der Waals surface area contributed by atoms with Crippen LogP contribution in [0.2, 0.25) is 10.0 Å². The second-order valence-corrected chi connectivity index (χ2v) is 7.56. The molecule has 1 saturated carbocycles. The van der Waals surface area contributed by atoms with Crippen LogP contribution in [0.5, 0.6) is 0 Å². The van der Waals surface area contributed by atoms with Crippen LogP contribution in [0.25, 0.3) is 11.1 Å². The number of primary amides is 1. The SMILES string of the molecule is CN(c1nc(N)c(-c2cccc(Cl)c2Cl)c(C(N)=O)n1)C1CCC(N)CC1. The summed E-state index contributed by atoms with van der Waals surface area (Å²) < 4.78 is 0. The number of hydrogen-bond acceptors (Lipinski definition) is 6. The van der Waals surface area contributed by atoms with Gasteiger partial charge in [-0.2, -0.15) is 4.98 Å². The number of benzene rings is 1. The minimum absolute atomic E-state index is 0.0148. The van der Waals surface area contributed by atoms with Crippen LogP contribution in [-0.4, -0.2) is 35.0 Å². The lowest BCUT2D eigenvalue weighted by Crippen LogP contribution is -2.39. The van der Waals surface area contributed by atoms with Gasteiger partial charge in [-0.15, -0.1) is 0 Å². The predicted molar refractivity (Wildman–Crippen MR) is 109 cm³/mol. The first-order chi connectivity index (χ1) is 12.8. The molecule has 0 unspecified atom stereocenters. The molecule has 1 aliphatic rings. The summed E-state index contributed by atoms with van der Waals surface area (Å²) in [7, 11) is 1.88. The van der Waals surface area contributed by atoms with E-state index in [1.54, 1.807) is 18.2 Å². The highest BCUT2D eigenvalue weighted by molar-refractivity contribution is 6.44. The van der Waals surface area contributed by atoms with Gasteiger partial charge < -0.3 is 22.1 Å². The molecule has 1 amide bonds. The molecule has 0 radical (unpaired) electrons. The van der Waals surface area contributed by atoms with E-state index >= 15 is 0 Å². The molecule has 1 aromatic heterocycles. The summed E-state index contributed by atoms with van der Waals surface area (Å²) in [5, 5.41) is 0.600. The molecule has 0 atom stereocenters. The lowest BCUT2D eigenvalue weighted by Gasteiger charge is -2.33. The summed E-state index contributed by atoms with van der Waals surface area (Å²) in [5.74, 6) is -0.239. The maximum Gasteiger partial charge on any atom is 0.268 e. The van der Waals surface area contributed by atoms with Crippen LogP contribution in [0.15, 0.2) is 18.2 Å². The van der Waals surface area contributed by atoms with E-state index in [-0.39, 0.29) is 34.2 Å². The first-order valence-electron chi connectivity index (χ1n) is 8.69. The van der Waals surface area contributed by atoms with Gasteiger partial charge in [-0.25, -0.2) is 4.98 Å². The Morgan fingerprint density at radius 1 is 1.19 bits per heavy atom. The van der Waals surface area contributed by atoms with Crippen molar-refractivity contribution in [3.63, 3.8) is 0 Å². The molecule has 1 aliphatic carbocycles. The van der Waals surface area contributed by atoms with Gasteiger partial charge in [0.1, 0.15) is 11.5 Å². The third kappa shape index (κ3) is 3.95. The second kappa shape index (κ2) is 7.88. The summed E-state index contributed by atoms with van der Waals surface area (Å²) in [6, 6.07) is 5.50. The number of amides is 1. The van der Waals surface area contributed by atoms with Gasteiger partial charge in [-0.05, 0) is 31.7 Å². The Hall–Kier alpha value is -2.09. The highest BCUT2D eigenvalue weighted by Crippen LogP contribution is 2.38. The fourth-order valence-electron chi connectivity index (χ4n) is 3.42. The summed E-state index contributed by atoms with van der Waals surface area (Å²) in [6.07, 6.45) is 3.72. The standard InChI is InChI=1S/C18H22Cl2N6O/c1-26(10-7-5-9(21)6-8-10)18-24-15(17(23)27)13(16(22)25-18)11-3-2-4-12(19)14(11)20/h2-4,9-10H,5-8,21H2,1H3,(H2,23,27)(H2,22,24,25). The summed E-state index contributed by atoms with van der Waals surface area (Å²) in [5.41, 5.74) is 18.5. The molecule has 1 heterocycles. The molecule has 0 spiro atoms. The third-order valence-electron chi connectivity index (χ3n) is 4.98. The molecule has 1 fully saturated rings. The average molecular weight is 409 g/mol. The van der Waals surface area contributed by atoms with Crippen molar-refractivity contribution in [2.45, 2.75) is 37.8 Å². The number of rotatable bonds is 4. The van der Waals surface area contributed by atoms with E-state index in [1.165, 1.54) is 0 Å². The molecule has 2 aromatic rings. The van der Waals surface area contributed by atoms with Gasteiger partial charge in [0.2, 0.25) is 5.95 Å². The highest BCUT2D eigenvalue weighted by atomic mass is 35.5. The Labute approximate surface area is 167 Å².